The number of likely N-dealkylation sites (tertiary alicyclic amines) is 1. The lowest BCUT2D eigenvalue weighted by molar-refractivity contribution is -0.148. The van der Waals surface area contributed by atoms with Gasteiger partial charge in [-0.15, -0.1) is 11.3 Å². The number of carboxylic acid groups (broad SMARTS) is 1. The molecule has 13 heteroatoms. The molecule has 1 aliphatic rings. The fourth-order valence-electron chi connectivity index (χ4n) is 4.65. The molecule has 0 saturated carbocycles. The fourth-order valence-corrected chi connectivity index (χ4v) is 5.41. The predicted molar refractivity (Wildman–Crippen MR) is 163 cm³/mol. The van der Waals surface area contributed by atoms with Crippen molar-refractivity contribution < 1.29 is 33.7 Å². The fraction of sp³-hybridized carbons (Fsp3) is 0.533. The molecule has 0 unspecified atom stereocenters. The van der Waals surface area contributed by atoms with Crippen LogP contribution in [0, 0.1) is 0 Å². The van der Waals surface area contributed by atoms with Gasteiger partial charge in [0.05, 0.1) is 12.1 Å². The number of nitrogens with zero attached hydrogens (tertiary/aromatic N) is 5. The van der Waals surface area contributed by atoms with Gasteiger partial charge < -0.3 is 19.3 Å². The van der Waals surface area contributed by atoms with Gasteiger partial charge in [0.1, 0.15) is 39.1 Å². The van der Waals surface area contributed by atoms with Gasteiger partial charge in [0.2, 0.25) is 5.88 Å². The molecule has 4 heterocycles. The molecule has 2 atom stereocenters. The number of hydrogen-bond donors (Lipinski definition) is 1. The lowest BCUT2D eigenvalue weighted by Crippen LogP contribution is -2.52. The van der Waals surface area contributed by atoms with Crippen molar-refractivity contribution in [2.24, 2.45) is 0 Å². The highest BCUT2D eigenvalue weighted by molar-refractivity contribution is 7.17. The second kappa shape index (κ2) is 11.6. The zero-order valence-corrected chi connectivity index (χ0v) is 26.8. The van der Waals surface area contributed by atoms with Crippen molar-refractivity contribution in [2.75, 3.05) is 11.4 Å². The van der Waals surface area contributed by atoms with E-state index >= 15 is 0 Å². The third kappa shape index (κ3) is 7.15. The summed E-state index contributed by atoms with van der Waals surface area (Å²) in [4.78, 5) is 55.0. The van der Waals surface area contributed by atoms with Crippen LogP contribution >= 0.6 is 11.3 Å². The summed E-state index contributed by atoms with van der Waals surface area (Å²) in [6.07, 6.45) is -1.90. The number of anilines is 1. The highest BCUT2D eigenvalue weighted by Gasteiger charge is 2.52. The van der Waals surface area contributed by atoms with E-state index in [0.717, 1.165) is 0 Å². The summed E-state index contributed by atoms with van der Waals surface area (Å²) >= 11 is 1.38. The number of hydrogen-bond acceptors (Lipinski definition) is 10. The molecule has 1 N–H and O–H groups in total. The second-order valence-corrected chi connectivity index (χ2v) is 13.8. The molecule has 3 aromatic rings. The predicted octanol–water partition coefficient (Wildman–Crippen LogP) is 6.13. The van der Waals surface area contributed by atoms with Crippen molar-refractivity contribution in [3.05, 3.63) is 29.6 Å². The summed E-state index contributed by atoms with van der Waals surface area (Å²) in [5.41, 5.74) is -1.99. The molecule has 1 fully saturated rings. The van der Waals surface area contributed by atoms with E-state index in [1.165, 1.54) is 28.1 Å². The van der Waals surface area contributed by atoms with Crippen LogP contribution in [0.5, 0.6) is 5.88 Å². The summed E-state index contributed by atoms with van der Waals surface area (Å²) in [6.45, 7) is 15.8. The van der Waals surface area contributed by atoms with Crippen LogP contribution in [0.1, 0.15) is 68.7 Å². The Bertz CT molecular complexity index is 1530. The second-order valence-electron chi connectivity index (χ2n) is 12.9. The smallest absolute Gasteiger partial charge is 0.416 e. The summed E-state index contributed by atoms with van der Waals surface area (Å²) in [5.74, 6) is -0.272. The number of carbonyl (C=O) groups is 3. The molecule has 12 nitrogen and oxygen atoms in total. The van der Waals surface area contributed by atoms with Gasteiger partial charge in [0.15, 0.2) is 5.82 Å². The van der Waals surface area contributed by atoms with Crippen LogP contribution in [0.2, 0.25) is 0 Å². The molecule has 0 aromatic carbocycles. The average Bonchev–Trinajstić information content (AvgIpc) is 3.47. The molecular formula is C30H39N5O7S. The Morgan fingerprint density at radius 1 is 1.05 bits per heavy atom. The van der Waals surface area contributed by atoms with E-state index < -0.39 is 41.0 Å². The third-order valence-corrected chi connectivity index (χ3v) is 7.44. The first kappa shape index (κ1) is 31.9. The number of amides is 2. The SMILES string of the molecule is CC(C)N(C(=O)OC(C)(C)C)c1cccc(-c2nc(O[C@H]3CN(C(=O)OC(C)(C)C)[C@](C)(C(=O)O)C3)c3sccc3n2)n1. The van der Waals surface area contributed by atoms with Gasteiger partial charge in [-0.1, -0.05) is 6.07 Å². The summed E-state index contributed by atoms with van der Waals surface area (Å²) in [6, 6.07) is 6.79. The molecule has 2 amide bonds. The Kier molecular flexibility index (Phi) is 8.60. The number of pyridine rings is 1. The lowest BCUT2D eigenvalue weighted by Gasteiger charge is -2.32. The zero-order chi connectivity index (χ0) is 31.9. The molecule has 0 radical (unpaired) electrons. The molecule has 0 spiro atoms. The van der Waals surface area contributed by atoms with Gasteiger partial charge in [-0.2, -0.15) is 4.98 Å². The van der Waals surface area contributed by atoms with E-state index in [1.54, 1.807) is 59.7 Å². The number of ether oxygens (including phenoxy) is 3. The van der Waals surface area contributed by atoms with Crippen LogP contribution < -0.4 is 9.64 Å². The first-order valence-corrected chi connectivity index (χ1v) is 14.9. The van der Waals surface area contributed by atoms with Gasteiger partial charge >= 0.3 is 18.2 Å². The normalized spacial score (nSPS) is 19.0. The highest BCUT2D eigenvalue weighted by Crippen LogP contribution is 2.37. The van der Waals surface area contributed by atoms with Crippen molar-refractivity contribution in [2.45, 2.75) is 97.6 Å². The molecule has 1 aliphatic heterocycles. The quantitative estimate of drug-likeness (QED) is 0.344. The van der Waals surface area contributed by atoms with Crippen molar-refractivity contribution in [1.82, 2.24) is 19.9 Å². The number of thiophene rings is 1. The maximum absolute atomic E-state index is 13.0. The van der Waals surface area contributed by atoms with Gasteiger partial charge in [-0.25, -0.2) is 24.4 Å². The van der Waals surface area contributed by atoms with Crippen LogP contribution in [0.25, 0.3) is 21.7 Å². The van der Waals surface area contributed by atoms with Gasteiger partial charge in [-0.3, -0.25) is 9.80 Å². The molecule has 0 aliphatic carbocycles. The molecule has 0 bridgehead atoms. The Labute approximate surface area is 255 Å². The minimum absolute atomic E-state index is 0.00309. The van der Waals surface area contributed by atoms with Crippen molar-refractivity contribution in [1.29, 1.82) is 0 Å². The third-order valence-electron chi connectivity index (χ3n) is 6.55. The monoisotopic (exact) mass is 613 g/mol. The topological polar surface area (TPSA) is 144 Å². The maximum Gasteiger partial charge on any atom is 0.416 e. The first-order chi connectivity index (χ1) is 19.9. The van der Waals surface area contributed by atoms with Crippen LogP contribution in [0.3, 0.4) is 0 Å². The molecule has 4 rings (SSSR count). The largest absolute Gasteiger partial charge is 0.480 e. The lowest BCUT2D eigenvalue weighted by atomic mass is 9.99. The van der Waals surface area contributed by atoms with Gasteiger partial charge in [0.25, 0.3) is 0 Å². The molecule has 43 heavy (non-hydrogen) atoms. The number of carboxylic acids is 1. The molecule has 1 saturated heterocycles. The average molecular weight is 614 g/mol. The summed E-state index contributed by atoms with van der Waals surface area (Å²) in [5, 5.41) is 11.9. The number of rotatable bonds is 6. The molecule has 232 valence electrons. The van der Waals surface area contributed by atoms with Gasteiger partial charge in [-0.05, 0) is 85.9 Å². The number of fused-ring (bicyclic) bond motifs is 1. The van der Waals surface area contributed by atoms with Crippen LogP contribution in [0.15, 0.2) is 29.6 Å². The van der Waals surface area contributed by atoms with Crippen LogP contribution in [-0.4, -0.2) is 78.5 Å². The van der Waals surface area contributed by atoms with E-state index in [9.17, 15) is 19.5 Å². The highest BCUT2D eigenvalue weighted by atomic mass is 32.1. The Morgan fingerprint density at radius 2 is 1.72 bits per heavy atom. The van der Waals surface area contributed by atoms with E-state index in [2.05, 4.69) is 9.97 Å². The van der Waals surface area contributed by atoms with Crippen LogP contribution in [0.4, 0.5) is 15.4 Å². The zero-order valence-electron chi connectivity index (χ0n) is 26.0. The van der Waals surface area contributed by atoms with E-state index in [1.807, 2.05) is 25.3 Å². The minimum atomic E-state index is -1.53. The van der Waals surface area contributed by atoms with Gasteiger partial charge in [0, 0.05) is 12.5 Å². The molecular weight excluding hydrogens is 574 g/mol. The van der Waals surface area contributed by atoms with Crippen LogP contribution in [-0.2, 0) is 14.3 Å². The minimum Gasteiger partial charge on any atom is -0.480 e. The summed E-state index contributed by atoms with van der Waals surface area (Å²) < 4.78 is 18.1. The number of aliphatic carboxylic acids is 1. The van der Waals surface area contributed by atoms with Crippen molar-refractivity contribution in [3.8, 4) is 17.4 Å². The van der Waals surface area contributed by atoms with E-state index in [-0.39, 0.29) is 30.7 Å². The van der Waals surface area contributed by atoms with Crippen molar-refractivity contribution >= 4 is 45.5 Å². The molecule has 3 aromatic heterocycles. The first-order valence-electron chi connectivity index (χ1n) is 14.0. The Hall–Kier alpha value is -4.00. The summed E-state index contributed by atoms with van der Waals surface area (Å²) in [7, 11) is 0. The van der Waals surface area contributed by atoms with Crippen molar-refractivity contribution in [3.63, 3.8) is 0 Å². The maximum atomic E-state index is 13.0. The standard InChI is InChI=1S/C30H39N5O7S/c1-17(2)35(27(39)42-29(6,7)8)21-12-10-11-20(31-21)23-32-19-13-14-43-22(19)24(33-23)40-18-15-30(9,25(36)37)34(16-18)26(38)41-28(3,4)5/h10-14,17-18H,15-16H2,1-9H3,(H,36,37)/t18-,30+/m1/s1. The number of carbonyl (C=O) groups excluding carboxylic acids is 2. The van der Waals surface area contributed by atoms with E-state index in [0.29, 0.717) is 21.7 Å². The van der Waals surface area contributed by atoms with E-state index in [4.69, 9.17) is 19.2 Å². The Morgan fingerprint density at radius 3 is 2.33 bits per heavy atom. The Balaban J connectivity index is 1.67. The number of aromatic nitrogens is 3.